The van der Waals surface area contributed by atoms with Gasteiger partial charge in [0.1, 0.15) is 5.56 Å². The van der Waals surface area contributed by atoms with Crippen LogP contribution < -0.4 is 15.8 Å². The van der Waals surface area contributed by atoms with E-state index in [-0.39, 0.29) is 12.5 Å². The first-order valence-electron chi connectivity index (χ1n) is 11.0. The minimum atomic E-state index is -4.82. The zero-order chi connectivity index (χ0) is 25.2. The van der Waals surface area contributed by atoms with E-state index < -0.39 is 29.0 Å². The number of aromatic amines is 1. The summed E-state index contributed by atoms with van der Waals surface area (Å²) in [7, 11) is 0. The number of hydrogen-bond donors (Lipinski definition) is 2. The molecule has 3 aromatic heterocycles. The van der Waals surface area contributed by atoms with Crippen LogP contribution in [0.3, 0.4) is 0 Å². The molecule has 1 atom stereocenters. The van der Waals surface area contributed by atoms with Gasteiger partial charge in [0.25, 0.3) is 11.5 Å². The molecule has 0 radical (unpaired) electrons. The second-order valence-electron chi connectivity index (χ2n) is 8.47. The van der Waals surface area contributed by atoms with Crippen molar-refractivity contribution in [3.05, 3.63) is 64.1 Å². The molecule has 3 aromatic rings. The van der Waals surface area contributed by atoms with E-state index >= 15 is 0 Å². The molecule has 0 unspecified atom stereocenters. The van der Waals surface area contributed by atoms with Gasteiger partial charge < -0.3 is 19.7 Å². The number of halogens is 3. The lowest BCUT2D eigenvalue weighted by atomic mass is 10.2. The monoisotopic (exact) mass is 490 g/mol. The molecule has 0 aromatic carbocycles. The molecule has 0 saturated carbocycles. The van der Waals surface area contributed by atoms with E-state index in [1.165, 1.54) is 0 Å². The van der Waals surface area contributed by atoms with E-state index in [4.69, 9.17) is 0 Å². The summed E-state index contributed by atoms with van der Waals surface area (Å²) in [4.78, 5) is 37.0. The van der Waals surface area contributed by atoms with Gasteiger partial charge in [0.2, 0.25) is 5.95 Å². The van der Waals surface area contributed by atoms with Crippen molar-refractivity contribution in [3.63, 3.8) is 0 Å². The van der Waals surface area contributed by atoms with Crippen LogP contribution in [0, 0.1) is 6.92 Å². The number of nitrogens with one attached hydrogen (secondary N) is 2. The number of carbonyl (C=O) groups excluding carboxylic acids is 1. The van der Waals surface area contributed by atoms with Crippen LogP contribution in [0.5, 0.6) is 0 Å². The first kappa shape index (κ1) is 24.2. The number of aromatic nitrogens is 5. The van der Waals surface area contributed by atoms with Crippen molar-refractivity contribution in [2.45, 2.75) is 32.6 Å². The summed E-state index contributed by atoms with van der Waals surface area (Å²) in [6.07, 6.45) is 3.00. The lowest BCUT2D eigenvalue weighted by Gasteiger charge is -2.34. The van der Waals surface area contributed by atoms with E-state index in [2.05, 4.69) is 20.4 Å². The average molecular weight is 490 g/mol. The normalized spacial score (nSPS) is 15.2. The van der Waals surface area contributed by atoms with Gasteiger partial charge >= 0.3 is 6.18 Å². The Balaban J connectivity index is 1.35. The molecule has 0 bridgehead atoms. The molecule has 1 amide bonds. The maximum absolute atomic E-state index is 13.2. The number of piperazine rings is 1. The fourth-order valence-electron chi connectivity index (χ4n) is 3.94. The molecule has 4 heterocycles. The summed E-state index contributed by atoms with van der Waals surface area (Å²) < 4.78 is 41.5. The van der Waals surface area contributed by atoms with Gasteiger partial charge in [-0.2, -0.15) is 18.3 Å². The molecular formula is C22H25F3N8O2. The molecule has 1 aliphatic rings. The third-order valence-electron chi connectivity index (χ3n) is 5.64. The molecule has 1 aliphatic heterocycles. The van der Waals surface area contributed by atoms with Gasteiger partial charge in [0, 0.05) is 63.6 Å². The van der Waals surface area contributed by atoms with Gasteiger partial charge in [-0.1, -0.05) is 0 Å². The fourth-order valence-corrected chi connectivity index (χ4v) is 3.94. The van der Waals surface area contributed by atoms with Crippen molar-refractivity contribution in [2.75, 3.05) is 36.4 Å². The number of hydrogen-bond acceptors (Lipinski definition) is 7. The Kier molecular flexibility index (Phi) is 6.76. The summed E-state index contributed by atoms with van der Waals surface area (Å²) >= 11 is 0. The first-order valence-corrected chi connectivity index (χ1v) is 11.0. The molecule has 1 saturated heterocycles. The predicted molar refractivity (Wildman–Crippen MR) is 122 cm³/mol. The van der Waals surface area contributed by atoms with Gasteiger partial charge in [0.15, 0.2) is 0 Å². The number of nitrogens with zero attached hydrogens (tertiary/aromatic N) is 6. The Bertz CT molecular complexity index is 1230. The average Bonchev–Trinajstić information content (AvgIpc) is 3.26. The molecule has 35 heavy (non-hydrogen) atoms. The zero-order valence-corrected chi connectivity index (χ0v) is 19.2. The van der Waals surface area contributed by atoms with Crippen molar-refractivity contribution < 1.29 is 18.0 Å². The van der Waals surface area contributed by atoms with E-state index in [9.17, 15) is 22.8 Å². The highest BCUT2D eigenvalue weighted by molar-refractivity contribution is 5.94. The molecule has 10 nitrogen and oxygen atoms in total. The fraction of sp³-hybridized carbons (Fsp3) is 0.409. The Morgan fingerprint density at radius 2 is 1.86 bits per heavy atom. The van der Waals surface area contributed by atoms with Crippen LogP contribution in [0.1, 0.15) is 28.4 Å². The van der Waals surface area contributed by atoms with Crippen LogP contribution in [0.2, 0.25) is 0 Å². The van der Waals surface area contributed by atoms with Crippen molar-refractivity contribution in [2.24, 2.45) is 0 Å². The van der Waals surface area contributed by atoms with Crippen molar-refractivity contribution in [3.8, 4) is 0 Å². The number of alkyl halides is 3. The van der Waals surface area contributed by atoms with Crippen LogP contribution in [-0.2, 0) is 12.7 Å². The smallest absolute Gasteiger partial charge is 0.379 e. The number of carbonyl (C=O) groups is 1. The number of aryl methyl sites for hydroxylation is 1. The first-order chi connectivity index (χ1) is 16.6. The van der Waals surface area contributed by atoms with Crippen LogP contribution in [0.15, 0.2) is 41.8 Å². The lowest BCUT2D eigenvalue weighted by Crippen LogP contribution is -2.49. The van der Waals surface area contributed by atoms with Crippen LogP contribution in [0.4, 0.5) is 24.8 Å². The van der Waals surface area contributed by atoms with E-state index in [0.29, 0.717) is 37.7 Å². The SMILES string of the molecule is Cc1cnc(N2CCN(C(=O)c3ccn(C[C@H](C)Nc4cn[nH]c(=O)c4C(F)(F)F)c3)CC2)nc1. The second-order valence-corrected chi connectivity index (χ2v) is 8.47. The van der Waals surface area contributed by atoms with Crippen LogP contribution in [0.25, 0.3) is 0 Å². The number of rotatable bonds is 6. The quantitative estimate of drug-likeness (QED) is 0.545. The molecule has 4 rings (SSSR count). The minimum Gasteiger partial charge on any atom is -0.379 e. The highest BCUT2D eigenvalue weighted by Crippen LogP contribution is 2.31. The summed E-state index contributed by atoms with van der Waals surface area (Å²) in [5.74, 6) is 0.520. The third-order valence-corrected chi connectivity index (χ3v) is 5.64. The standard InChI is InChI=1S/C22H25F3N8O2/c1-14-9-26-21(27-10-14)33-7-5-32(6-8-33)20(35)16-3-4-31(13-16)12-15(2)29-17-11-28-30-19(34)18(17)22(23,24)25/h3-4,9-11,13,15H,5-8,12H2,1-2H3,(H2,29,30,34)/t15-/m0/s1. The van der Waals surface area contributed by atoms with Gasteiger partial charge in [-0.05, 0) is 25.5 Å². The van der Waals surface area contributed by atoms with Gasteiger partial charge in [-0.15, -0.1) is 0 Å². The minimum absolute atomic E-state index is 0.119. The highest BCUT2D eigenvalue weighted by Gasteiger charge is 2.37. The van der Waals surface area contributed by atoms with E-state index in [1.807, 2.05) is 16.9 Å². The van der Waals surface area contributed by atoms with Crippen molar-refractivity contribution >= 4 is 17.5 Å². The van der Waals surface area contributed by atoms with Crippen molar-refractivity contribution in [1.29, 1.82) is 0 Å². The molecule has 2 N–H and O–H groups in total. The third kappa shape index (κ3) is 5.61. The maximum Gasteiger partial charge on any atom is 0.423 e. The van der Waals surface area contributed by atoms with Gasteiger partial charge in [-0.3, -0.25) is 9.59 Å². The Morgan fingerprint density at radius 1 is 1.17 bits per heavy atom. The van der Waals surface area contributed by atoms with Gasteiger partial charge in [0.05, 0.1) is 17.4 Å². The van der Waals surface area contributed by atoms with E-state index in [0.717, 1.165) is 11.8 Å². The Hall–Kier alpha value is -3.90. The Labute approximate surface area is 198 Å². The summed E-state index contributed by atoms with van der Waals surface area (Å²) in [5, 5.41) is 7.96. The lowest BCUT2D eigenvalue weighted by molar-refractivity contribution is -0.138. The van der Waals surface area contributed by atoms with E-state index in [1.54, 1.807) is 47.2 Å². The topological polar surface area (TPSA) is 112 Å². The summed E-state index contributed by atoms with van der Waals surface area (Å²) in [5.41, 5.74) is -1.55. The Morgan fingerprint density at radius 3 is 2.51 bits per heavy atom. The molecule has 0 spiro atoms. The van der Waals surface area contributed by atoms with Gasteiger partial charge in [-0.25, -0.2) is 15.1 Å². The van der Waals surface area contributed by atoms with Crippen LogP contribution in [-0.4, -0.2) is 67.8 Å². The number of amides is 1. The van der Waals surface area contributed by atoms with Crippen molar-refractivity contribution in [1.82, 2.24) is 29.6 Å². The summed E-state index contributed by atoms with van der Waals surface area (Å²) in [6, 6.07) is 1.20. The highest BCUT2D eigenvalue weighted by atomic mass is 19.4. The second kappa shape index (κ2) is 9.76. The maximum atomic E-state index is 13.2. The predicted octanol–water partition coefficient (Wildman–Crippen LogP) is 2.15. The molecule has 0 aliphatic carbocycles. The number of H-pyrrole nitrogens is 1. The van der Waals surface area contributed by atoms with Crippen LogP contribution >= 0.6 is 0 Å². The largest absolute Gasteiger partial charge is 0.423 e. The molecule has 1 fully saturated rings. The zero-order valence-electron chi connectivity index (χ0n) is 19.2. The summed E-state index contributed by atoms with van der Waals surface area (Å²) in [6.45, 7) is 6.14. The molecular weight excluding hydrogens is 465 g/mol. The molecule has 13 heteroatoms. The molecule has 186 valence electrons. The number of anilines is 2.